The van der Waals surface area contributed by atoms with E-state index in [1.807, 2.05) is 0 Å². The Morgan fingerprint density at radius 2 is 1.19 bits per heavy atom. The molecule has 0 radical (unpaired) electrons. The predicted octanol–water partition coefficient (Wildman–Crippen LogP) is 3.37. The van der Waals surface area contributed by atoms with Gasteiger partial charge in [-0.05, 0) is 6.42 Å². The zero-order valence-corrected chi connectivity index (χ0v) is 19.1. The number of rotatable bonds is 20. The van der Waals surface area contributed by atoms with Crippen molar-refractivity contribution in [2.24, 2.45) is 0 Å². The van der Waals surface area contributed by atoms with E-state index in [-0.39, 0.29) is 25.8 Å². The van der Waals surface area contributed by atoms with Crippen LogP contribution in [-0.2, 0) is 33.3 Å². The molecule has 32 heavy (non-hydrogen) atoms. The Morgan fingerprint density at radius 1 is 0.656 bits per heavy atom. The lowest BCUT2D eigenvalue weighted by atomic mass is 10.1. The summed E-state index contributed by atoms with van der Waals surface area (Å²) >= 11 is 0. The van der Waals surface area contributed by atoms with Crippen LogP contribution in [0, 0.1) is 0 Å². The average molecular weight is 453 g/mol. The van der Waals surface area contributed by atoms with E-state index in [1.54, 1.807) is 30.3 Å². The van der Waals surface area contributed by atoms with Gasteiger partial charge >= 0.3 is 11.9 Å². The lowest BCUT2D eigenvalue weighted by Crippen LogP contribution is -2.20. The van der Waals surface area contributed by atoms with Crippen molar-refractivity contribution < 1.29 is 38.1 Å². The molecule has 0 fully saturated rings. The van der Waals surface area contributed by atoms with E-state index in [2.05, 4.69) is 6.92 Å². The first-order valence-electron chi connectivity index (χ1n) is 11.3. The van der Waals surface area contributed by atoms with Gasteiger partial charge in [0.1, 0.15) is 13.2 Å². The van der Waals surface area contributed by atoms with Crippen molar-refractivity contribution >= 4 is 17.7 Å². The number of carbonyl (C=O) groups excluding carboxylic acids is 3. The van der Waals surface area contributed by atoms with Gasteiger partial charge < -0.3 is 23.7 Å². The Morgan fingerprint density at radius 3 is 1.78 bits per heavy atom. The quantitative estimate of drug-likeness (QED) is 0.129. The Labute approximate surface area is 190 Å². The van der Waals surface area contributed by atoms with Gasteiger partial charge in [-0.1, -0.05) is 62.9 Å². The summed E-state index contributed by atoms with van der Waals surface area (Å²) < 4.78 is 26.0. The first-order chi connectivity index (χ1) is 15.6. The van der Waals surface area contributed by atoms with Gasteiger partial charge in [-0.3, -0.25) is 9.59 Å². The molecule has 0 aliphatic heterocycles. The molecule has 180 valence electrons. The van der Waals surface area contributed by atoms with Crippen LogP contribution in [0.1, 0.15) is 55.8 Å². The summed E-state index contributed by atoms with van der Waals surface area (Å²) in [6.07, 6.45) is 5.98. The highest BCUT2D eigenvalue weighted by Gasteiger charge is 2.17. The highest BCUT2D eigenvalue weighted by atomic mass is 16.6. The van der Waals surface area contributed by atoms with Crippen LogP contribution >= 0.6 is 0 Å². The summed E-state index contributed by atoms with van der Waals surface area (Å²) in [5.74, 6) is -1.74. The summed E-state index contributed by atoms with van der Waals surface area (Å²) in [5, 5.41) is 0. The fourth-order valence-corrected chi connectivity index (χ4v) is 2.67. The van der Waals surface area contributed by atoms with Crippen molar-refractivity contribution in [1.29, 1.82) is 0 Å². The smallest absolute Gasteiger partial charge is 0.379 e. The largest absolute Gasteiger partial charge is 0.463 e. The minimum atomic E-state index is -0.897. The van der Waals surface area contributed by atoms with Crippen LogP contribution in [0.5, 0.6) is 0 Å². The van der Waals surface area contributed by atoms with E-state index in [9.17, 15) is 14.4 Å². The highest BCUT2D eigenvalue weighted by Crippen LogP contribution is 2.05. The second-order valence-electron chi connectivity index (χ2n) is 7.05. The van der Waals surface area contributed by atoms with E-state index >= 15 is 0 Å². The van der Waals surface area contributed by atoms with Gasteiger partial charge in [0.2, 0.25) is 0 Å². The summed E-state index contributed by atoms with van der Waals surface area (Å²) in [6, 6.07) is 8.24. The summed E-state index contributed by atoms with van der Waals surface area (Å²) in [4.78, 5) is 35.0. The Balaban J connectivity index is 1.83. The number of unbranched alkanes of at least 4 members (excludes halogenated alkanes) is 4. The van der Waals surface area contributed by atoms with E-state index in [4.69, 9.17) is 23.7 Å². The highest BCUT2D eigenvalue weighted by molar-refractivity contribution is 6.40. The third-order valence-corrected chi connectivity index (χ3v) is 4.40. The molecule has 0 N–H and O–H groups in total. The number of esters is 2. The third kappa shape index (κ3) is 14.7. The zero-order valence-electron chi connectivity index (χ0n) is 19.1. The first-order valence-corrected chi connectivity index (χ1v) is 11.3. The van der Waals surface area contributed by atoms with Crippen molar-refractivity contribution in [1.82, 2.24) is 0 Å². The molecule has 0 bridgehead atoms. The molecule has 0 aromatic heterocycles. The van der Waals surface area contributed by atoms with Crippen molar-refractivity contribution in [3.63, 3.8) is 0 Å². The van der Waals surface area contributed by atoms with Crippen LogP contribution in [0.3, 0.4) is 0 Å². The number of benzene rings is 1. The Hall–Kier alpha value is -2.29. The second kappa shape index (κ2) is 19.4. The van der Waals surface area contributed by atoms with Gasteiger partial charge in [0.05, 0.1) is 39.6 Å². The molecule has 0 aliphatic rings. The molecule has 0 aliphatic carbocycles. The fourth-order valence-electron chi connectivity index (χ4n) is 2.67. The summed E-state index contributed by atoms with van der Waals surface area (Å²) in [5.41, 5.74) is 0.296. The average Bonchev–Trinajstić information content (AvgIpc) is 2.81. The fraction of sp³-hybridized carbons (Fsp3) is 0.625. The van der Waals surface area contributed by atoms with Gasteiger partial charge in [0.15, 0.2) is 0 Å². The topological polar surface area (TPSA) is 97.4 Å². The van der Waals surface area contributed by atoms with E-state index < -0.39 is 11.8 Å². The van der Waals surface area contributed by atoms with Crippen LogP contribution < -0.4 is 0 Å². The molecule has 1 rings (SSSR count). The molecule has 0 unspecified atom stereocenters. The number of hydrogen-bond donors (Lipinski definition) is 0. The predicted molar refractivity (Wildman–Crippen MR) is 119 cm³/mol. The van der Waals surface area contributed by atoms with Crippen LogP contribution in [0.2, 0.25) is 0 Å². The zero-order chi connectivity index (χ0) is 23.3. The number of Topliss-reactive ketones (excluding diaryl/α,β-unsaturated/α-hetero) is 1. The lowest BCUT2D eigenvalue weighted by molar-refractivity contribution is -0.145. The van der Waals surface area contributed by atoms with Crippen LogP contribution in [0.15, 0.2) is 30.3 Å². The third-order valence-electron chi connectivity index (χ3n) is 4.40. The second-order valence-corrected chi connectivity index (χ2v) is 7.05. The van der Waals surface area contributed by atoms with Crippen molar-refractivity contribution in [3.05, 3.63) is 35.9 Å². The Bertz CT molecular complexity index is 632. The molecule has 1 aromatic rings. The van der Waals surface area contributed by atoms with Gasteiger partial charge in [0.25, 0.3) is 5.78 Å². The molecular formula is C24H36O8. The van der Waals surface area contributed by atoms with Crippen LogP contribution in [0.4, 0.5) is 0 Å². The normalized spacial score (nSPS) is 10.7. The monoisotopic (exact) mass is 452 g/mol. The van der Waals surface area contributed by atoms with E-state index in [1.165, 1.54) is 19.3 Å². The minimum absolute atomic E-state index is 0.00201. The van der Waals surface area contributed by atoms with Gasteiger partial charge in [-0.15, -0.1) is 0 Å². The van der Waals surface area contributed by atoms with Crippen LogP contribution in [0.25, 0.3) is 0 Å². The maximum atomic E-state index is 11.8. The molecule has 8 nitrogen and oxygen atoms in total. The molecule has 0 spiro atoms. The van der Waals surface area contributed by atoms with Gasteiger partial charge in [0, 0.05) is 12.0 Å². The lowest BCUT2D eigenvalue weighted by Gasteiger charge is -2.08. The molecule has 0 amide bonds. The first kappa shape index (κ1) is 27.7. The number of ketones is 1. The number of carbonyl (C=O) groups is 3. The standard InChI is InChI=1S/C24H36O8/c1-2-3-4-5-9-12-22(25)31-19-17-29-15-13-28-14-16-30-18-20-32-24(27)23(26)21-10-7-6-8-11-21/h6-8,10-11H,2-5,9,12-20H2,1H3. The summed E-state index contributed by atoms with van der Waals surface area (Å²) in [6.45, 7) is 4.43. The minimum Gasteiger partial charge on any atom is -0.463 e. The molecule has 0 saturated heterocycles. The molecule has 8 heteroatoms. The SMILES string of the molecule is CCCCCCCC(=O)OCCOCCOCCOCCOC(=O)C(=O)c1ccccc1. The Kier molecular flexibility index (Phi) is 16.8. The van der Waals surface area contributed by atoms with Gasteiger partial charge in [-0.25, -0.2) is 4.79 Å². The van der Waals surface area contributed by atoms with Crippen molar-refractivity contribution in [2.45, 2.75) is 45.4 Å². The maximum absolute atomic E-state index is 11.8. The molecule has 0 heterocycles. The van der Waals surface area contributed by atoms with Crippen molar-refractivity contribution in [2.75, 3.05) is 52.9 Å². The van der Waals surface area contributed by atoms with Crippen LogP contribution in [-0.4, -0.2) is 70.6 Å². The number of hydrogen-bond acceptors (Lipinski definition) is 8. The molecule has 0 atom stereocenters. The molecular weight excluding hydrogens is 416 g/mol. The van der Waals surface area contributed by atoms with Gasteiger partial charge in [-0.2, -0.15) is 0 Å². The molecule has 1 aromatic carbocycles. The van der Waals surface area contributed by atoms with E-state index in [0.717, 1.165) is 12.8 Å². The summed E-state index contributed by atoms with van der Waals surface area (Å²) in [7, 11) is 0. The number of ether oxygens (including phenoxy) is 5. The maximum Gasteiger partial charge on any atom is 0.379 e. The van der Waals surface area contributed by atoms with E-state index in [0.29, 0.717) is 45.0 Å². The molecule has 0 saturated carbocycles. The van der Waals surface area contributed by atoms with Crippen molar-refractivity contribution in [3.8, 4) is 0 Å².